The highest BCUT2D eigenvalue weighted by atomic mass is 16.5. The minimum absolute atomic E-state index is 0.0182. The van der Waals surface area contributed by atoms with Crippen LogP contribution in [0, 0.1) is 5.92 Å². The van der Waals surface area contributed by atoms with Gasteiger partial charge in [-0.1, -0.05) is 44.2 Å². The van der Waals surface area contributed by atoms with Gasteiger partial charge in [0, 0.05) is 6.21 Å². The van der Waals surface area contributed by atoms with Crippen molar-refractivity contribution in [2.45, 2.75) is 20.5 Å². The lowest BCUT2D eigenvalue weighted by atomic mass is 10.2. The van der Waals surface area contributed by atoms with E-state index in [0.29, 0.717) is 12.5 Å². The van der Waals surface area contributed by atoms with Crippen molar-refractivity contribution in [3.63, 3.8) is 0 Å². The maximum Gasteiger partial charge on any atom is 0.266 e. The van der Waals surface area contributed by atoms with Gasteiger partial charge >= 0.3 is 0 Å². The third-order valence-electron chi connectivity index (χ3n) is 1.91. The number of nitrogens with zero attached hydrogens (tertiary/aromatic N) is 1. The summed E-state index contributed by atoms with van der Waals surface area (Å²) in [6, 6.07) is 9.72. The van der Waals surface area contributed by atoms with E-state index in [9.17, 15) is 4.79 Å². The molecule has 0 fully saturated rings. The molecule has 4 nitrogen and oxygen atoms in total. The Morgan fingerprint density at radius 1 is 1.41 bits per heavy atom. The summed E-state index contributed by atoms with van der Waals surface area (Å²) in [7, 11) is 0. The molecule has 0 aliphatic heterocycles. The molecule has 0 saturated heterocycles. The smallest absolute Gasteiger partial charge is 0.266 e. The van der Waals surface area contributed by atoms with E-state index in [-0.39, 0.29) is 12.5 Å². The van der Waals surface area contributed by atoms with Crippen LogP contribution in [-0.2, 0) is 16.1 Å². The molecule has 1 rings (SSSR count). The molecule has 0 aliphatic rings. The lowest BCUT2D eigenvalue weighted by Gasteiger charge is -2.03. The second-order valence-electron chi connectivity index (χ2n) is 4.04. The van der Waals surface area contributed by atoms with Gasteiger partial charge in [0.25, 0.3) is 5.91 Å². The van der Waals surface area contributed by atoms with E-state index < -0.39 is 0 Å². The van der Waals surface area contributed by atoms with Gasteiger partial charge in [0.15, 0.2) is 0 Å². The summed E-state index contributed by atoms with van der Waals surface area (Å²) >= 11 is 0. The zero-order valence-corrected chi connectivity index (χ0v) is 10.2. The molecule has 0 atom stereocenters. The van der Waals surface area contributed by atoms with E-state index in [2.05, 4.69) is 10.5 Å². The Labute approximate surface area is 102 Å². The number of hydrogen-bond donors (Lipinski definition) is 1. The van der Waals surface area contributed by atoms with E-state index in [1.807, 2.05) is 44.2 Å². The van der Waals surface area contributed by atoms with Crippen molar-refractivity contribution in [2.24, 2.45) is 11.0 Å². The van der Waals surface area contributed by atoms with Crippen LogP contribution in [0.1, 0.15) is 19.4 Å². The van der Waals surface area contributed by atoms with Gasteiger partial charge in [-0.3, -0.25) is 4.79 Å². The van der Waals surface area contributed by atoms with Crippen LogP contribution in [0.4, 0.5) is 0 Å². The summed E-state index contributed by atoms with van der Waals surface area (Å²) in [6.45, 7) is 4.43. The van der Waals surface area contributed by atoms with E-state index in [1.54, 1.807) is 6.21 Å². The Hall–Kier alpha value is -1.68. The molecule has 0 heterocycles. The SMILES string of the molecule is CC(C)/C=N/NC(=O)COCc1ccccc1. The number of hydrazone groups is 1. The first-order valence-corrected chi connectivity index (χ1v) is 5.62. The lowest BCUT2D eigenvalue weighted by molar-refractivity contribution is -0.126. The van der Waals surface area contributed by atoms with Crippen molar-refractivity contribution < 1.29 is 9.53 Å². The van der Waals surface area contributed by atoms with Crippen molar-refractivity contribution in [2.75, 3.05) is 6.61 Å². The average Bonchev–Trinajstić information content (AvgIpc) is 2.30. The average molecular weight is 234 g/mol. The molecule has 0 aliphatic carbocycles. The quantitative estimate of drug-likeness (QED) is 0.604. The fraction of sp³-hybridized carbons (Fsp3) is 0.385. The van der Waals surface area contributed by atoms with Crippen LogP contribution in [0.5, 0.6) is 0 Å². The van der Waals surface area contributed by atoms with Crippen LogP contribution in [0.15, 0.2) is 35.4 Å². The minimum atomic E-state index is -0.238. The number of carbonyl (C=O) groups is 1. The lowest BCUT2D eigenvalue weighted by Crippen LogP contribution is -2.23. The number of benzene rings is 1. The van der Waals surface area contributed by atoms with Crippen molar-refractivity contribution in [3.8, 4) is 0 Å². The molecule has 1 aromatic carbocycles. The van der Waals surface area contributed by atoms with Crippen molar-refractivity contribution >= 4 is 12.1 Å². The van der Waals surface area contributed by atoms with Crippen LogP contribution in [0.3, 0.4) is 0 Å². The molecule has 0 spiro atoms. The maximum atomic E-state index is 11.3. The summed E-state index contributed by atoms with van der Waals surface area (Å²) in [5.41, 5.74) is 3.45. The first kappa shape index (κ1) is 13.4. The number of ether oxygens (including phenoxy) is 1. The largest absolute Gasteiger partial charge is 0.367 e. The van der Waals surface area contributed by atoms with Gasteiger partial charge in [0.1, 0.15) is 6.61 Å². The molecular weight excluding hydrogens is 216 g/mol. The van der Waals surface area contributed by atoms with E-state index >= 15 is 0 Å². The summed E-state index contributed by atoms with van der Waals surface area (Å²) < 4.78 is 5.25. The van der Waals surface area contributed by atoms with Crippen molar-refractivity contribution in [3.05, 3.63) is 35.9 Å². The Balaban J connectivity index is 2.16. The maximum absolute atomic E-state index is 11.3. The van der Waals surface area contributed by atoms with Crippen LogP contribution in [0.2, 0.25) is 0 Å². The molecule has 92 valence electrons. The predicted octanol–water partition coefficient (Wildman–Crippen LogP) is 1.96. The van der Waals surface area contributed by atoms with Gasteiger partial charge in [-0.2, -0.15) is 5.10 Å². The van der Waals surface area contributed by atoms with Gasteiger partial charge in [0.2, 0.25) is 0 Å². The van der Waals surface area contributed by atoms with Crippen molar-refractivity contribution in [1.29, 1.82) is 0 Å². The van der Waals surface area contributed by atoms with Gasteiger partial charge < -0.3 is 4.74 Å². The molecule has 1 amide bonds. The van der Waals surface area contributed by atoms with Gasteiger partial charge in [-0.15, -0.1) is 0 Å². The molecule has 1 N–H and O–H groups in total. The summed E-state index contributed by atoms with van der Waals surface area (Å²) in [5.74, 6) is 0.0818. The highest BCUT2D eigenvalue weighted by Crippen LogP contribution is 1.99. The Morgan fingerprint density at radius 3 is 2.76 bits per heavy atom. The van der Waals surface area contributed by atoms with E-state index in [1.165, 1.54) is 0 Å². The monoisotopic (exact) mass is 234 g/mol. The number of amides is 1. The number of hydrogen-bond acceptors (Lipinski definition) is 3. The van der Waals surface area contributed by atoms with Gasteiger partial charge in [0.05, 0.1) is 6.61 Å². The zero-order chi connectivity index (χ0) is 12.5. The fourth-order valence-electron chi connectivity index (χ4n) is 1.13. The highest BCUT2D eigenvalue weighted by molar-refractivity contribution is 5.78. The molecule has 0 aromatic heterocycles. The molecule has 0 radical (unpaired) electrons. The first-order chi connectivity index (χ1) is 8.18. The van der Waals surface area contributed by atoms with Gasteiger partial charge in [-0.25, -0.2) is 5.43 Å². The number of nitrogens with one attached hydrogen (secondary N) is 1. The van der Waals surface area contributed by atoms with E-state index in [0.717, 1.165) is 5.56 Å². The number of rotatable bonds is 6. The third-order valence-corrected chi connectivity index (χ3v) is 1.91. The first-order valence-electron chi connectivity index (χ1n) is 5.62. The van der Waals surface area contributed by atoms with Crippen LogP contribution >= 0.6 is 0 Å². The van der Waals surface area contributed by atoms with E-state index in [4.69, 9.17) is 4.74 Å². The second kappa shape index (κ2) is 7.57. The molecular formula is C13H18N2O2. The minimum Gasteiger partial charge on any atom is -0.367 e. The Morgan fingerprint density at radius 2 is 2.12 bits per heavy atom. The predicted molar refractivity (Wildman–Crippen MR) is 67.6 cm³/mol. The van der Waals surface area contributed by atoms with Crippen LogP contribution in [-0.4, -0.2) is 18.7 Å². The Kier molecular flexibility index (Phi) is 5.96. The fourth-order valence-corrected chi connectivity index (χ4v) is 1.13. The number of carbonyl (C=O) groups excluding carboxylic acids is 1. The third kappa shape index (κ3) is 6.48. The standard InChI is InChI=1S/C13H18N2O2/c1-11(2)8-14-15-13(16)10-17-9-12-6-4-3-5-7-12/h3-8,11H,9-10H2,1-2H3,(H,15,16)/b14-8+. The summed E-state index contributed by atoms with van der Waals surface area (Å²) in [6.07, 6.45) is 1.68. The molecule has 0 unspecified atom stereocenters. The molecule has 4 heteroatoms. The van der Waals surface area contributed by atoms with Crippen molar-refractivity contribution in [1.82, 2.24) is 5.43 Å². The van der Waals surface area contributed by atoms with Crippen LogP contribution < -0.4 is 5.43 Å². The molecule has 17 heavy (non-hydrogen) atoms. The Bertz CT molecular complexity index is 361. The topological polar surface area (TPSA) is 50.7 Å². The summed E-state index contributed by atoms with van der Waals surface area (Å²) in [5, 5.41) is 3.79. The zero-order valence-electron chi connectivity index (χ0n) is 10.2. The normalized spacial score (nSPS) is 11.0. The van der Waals surface area contributed by atoms with Gasteiger partial charge in [-0.05, 0) is 11.5 Å². The molecule has 0 saturated carbocycles. The van der Waals surface area contributed by atoms with Crippen LogP contribution in [0.25, 0.3) is 0 Å². The highest BCUT2D eigenvalue weighted by Gasteiger charge is 1.99. The second-order valence-corrected chi connectivity index (χ2v) is 4.04. The molecule has 1 aromatic rings. The summed E-state index contributed by atoms with van der Waals surface area (Å²) in [4.78, 5) is 11.3. The molecule has 0 bridgehead atoms.